The summed E-state index contributed by atoms with van der Waals surface area (Å²) in [7, 11) is 0. The van der Waals surface area contributed by atoms with E-state index in [2.05, 4.69) is 31.1 Å². The lowest BCUT2D eigenvalue weighted by Crippen LogP contribution is -2.37. The molecule has 1 rings (SSSR count). The third-order valence-corrected chi connectivity index (χ3v) is 2.69. The van der Waals surface area contributed by atoms with Gasteiger partial charge >= 0.3 is 0 Å². The van der Waals surface area contributed by atoms with Gasteiger partial charge in [-0.25, -0.2) is 0 Å². The van der Waals surface area contributed by atoms with Crippen LogP contribution in [-0.2, 0) is 0 Å². The first-order valence-electron chi connectivity index (χ1n) is 4.86. The highest BCUT2D eigenvalue weighted by atomic mass is 32.2. The minimum absolute atomic E-state index is 0.221. The minimum atomic E-state index is 0.221. The Morgan fingerprint density at radius 3 is 2.50 bits per heavy atom. The van der Waals surface area contributed by atoms with Gasteiger partial charge < -0.3 is 5.32 Å². The maximum atomic E-state index is 3.98. The predicted octanol–water partition coefficient (Wildman–Crippen LogP) is 2.56. The van der Waals surface area contributed by atoms with Gasteiger partial charge in [-0.2, -0.15) is 0 Å². The molecule has 1 aromatic heterocycles. The van der Waals surface area contributed by atoms with Crippen LogP contribution < -0.4 is 5.32 Å². The van der Waals surface area contributed by atoms with Crippen LogP contribution in [-0.4, -0.2) is 22.8 Å². The van der Waals surface area contributed by atoms with E-state index in [4.69, 9.17) is 0 Å². The van der Waals surface area contributed by atoms with E-state index >= 15 is 0 Å². The highest BCUT2D eigenvalue weighted by Gasteiger charge is 2.06. The molecule has 0 atom stereocenters. The van der Waals surface area contributed by atoms with Gasteiger partial charge in [-0.1, -0.05) is 0 Å². The van der Waals surface area contributed by atoms with E-state index in [1.54, 1.807) is 0 Å². The average Bonchev–Trinajstić information content (AvgIpc) is 2.13. The van der Waals surface area contributed by atoms with Crippen LogP contribution in [0.4, 0.5) is 0 Å². The van der Waals surface area contributed by atoms with E-state index in [0.29, 0.717) is 0 Å². The molecule has 0 unspecified atom stereocenters. The summed E-state index contributed by atoms with van der Waals surface area (Å²) >= 11 is 1.86. The summed E-state index contributed by atoms with van der Waals surface area (Å²) in [6.07, 6.45) is 3.67. The van der Waals surface area contributed by atoms with Crippen LogP contribution in [0.5, 0.6) is 0 Å². The van der Waals surface area contributed by atoms with Gasteiger partial charge in [0.2, 0.25) is 0 Å². The number of rotatable bonds is 4. The number of nitrogens with one attached hydrogen (secondary N) is 1. The zero-order valence-electron chi connectivity index (χ0n) is 9.08. The molecule has 3 heteroatoms. The molecule has 2 nitrogen and oxygen atoms in total. The van der Waals surface area contributed by atoms with Crippen molar-refractivity contribution < 1.29 is 0 Å². The molecule has 0 aliphatic rings. The molecule has 0 aromatic carbocycles. The Morgan fingerprint density at radius 2 is 1.93 bits per heavy atom. The predicted molar refractivity (Wildman–Crippen MR) is 62.7 cm³/mol. The minimum Gasteiger partial charge on any atom is -0.311 e. The topological polar surface area (TPSA) is 24.9 Å². The van der Waals surface area contributed by atoms with Gasteiger partial charge in [-0.15, -0.1) is 11.8 Å². The molecule has 14 heavy (non-hydrogen) atoms. The van der Waals surface area contributed by atoms with Crippen molar-refractivity contribution in [2.75, 3.05) is 12.3 Å². The summed E-state index contributed by atoms with van der Waals surface area (Å²) in [5.74, 6) is 1.10. The summed E-state index contributed by atoms with van der Waals surface area (Å²) in [4.78, 5) is 5.27. The number of nitrogens with zero attached hydrogens (tertiary/aromatic N) is 1. The maximum absolute atomic E-state index is 3.98. The summed E-state index contributed by atoms with van der Waals surface area (Å²) in [6, 6.07) is 4.09. The van der Waals surface area contributed by atoms with Crippen molar-refractivity contribution in [2.24, 2.45) is 0 Å². The second kappa shape index (κ2) is 5.37. The van der Waals surface area contributed by atoms with Crippen molar-refractivity contribution in [3.63, 3.8) is 0 Å². The van der Waals surface area contributed by atoms with Crippen LogP contribution in [0.2, 0.25) is 0 Å². The first-order chi connectivity index (χ1) is 6.58. The quantitative estimate of drug-likeness (QED) is 0.610. The normalized spacial score (nSPS) is 11.6. The van der Waals surface area contributed by atoms with Crippen LogP contribution in [0.25, 0.3) is 0 Å². The summed E-state index contributed by atoms with van der Waals surface area (Å²) in [5.41, 5.74) is 0.221. The standard InChI is InChI=1S/C11H18N2S/c1-11(2,3)13-8-9-14-10-4-6-12-7-5-10/h4-7,13H,8-9H2,1-3H3. The molecular weight excluding hydrogens is 192 g/mol. The molecule has 1 N–H and O–H groups in total. The fourth-order valence-electron chi connectivity index (χ4n) is 1.03. The number of pyridine rings is 1. The smallest absolute Gasteiger partial charge is 0.0278 e. The first-order valence-corrected chi connectivity index (χ1v) is 5.84. The van der Waals surface area contributed by atoms with Crippen LogP contribution >= 0.6 is 11.8 Å². The molecule has 1 aromatic rings. The maximum Gasteiger partial charge on any atom is 0.0278 e. The van der Waals surface area contributed by atoms with E-state index in [0.717, 1.165) is 12.3 Å². The van der Waals surface area contributed by atoms with Gasteiger partial charge in [0, 0.05) is 35.1 Å². The number of hydrogen-bond donors (Lipinski definition) is 1. The van der Waals surface area contributed by atoms with Crippen molar-refractivity contribution >= 4 is 11.8 Å². The second-order valence-corrected chi connectivity index (χ2v) is 5.38. The van der Waals surface area contributed by atoms with Crippen molar-refractivity contribution in [1.29, 1.82) is 0 Å². The molecule has 78 valence electrons. The molecule has 1 heterocycles. The molecule has 0 spiro atoms. The largest absolute Gasteiger partial charge is 0.311 e. The molecule has 0 fully saturated rings. The van der Waals surface area contributed by atoms with Crippen molar-refractivity contribution in [1.82, 2.24) is 10.3 Å². The number of hydrogen-bond acceptors (Lipinski definition) is 3. The first kappa shape index (κ1) is 11.5. The van der Waals surface area contributed by atoms with E-state index in [-0.39, 0.29) is 5.54 Å². The Bertz CT molecular complexity index is 254. The SMILES string of the molecule is CC(C)(C)NCCSc1ccncc1. The molecule has 0 radical (unpaired) electrons. The van der Waals surface area contributed by atoms with E-state index < -0.39 is 0 Å². The number of thioether (sulfide) groups is 1. The lowest BCUT2D eigenvalue weighted by molar-refractivity contribution is 0.441. The highest BCUT2D eigenvalue weighted by molar-refractivity contribution is 7.99. The van der Waals surface area contributed by atoms with E-state index in [1.807, 2.05) is 36.3 Å². The molecule has 0 saturated heterocycles. The van der Waals surface area contributed by atoms with Crippen LogP contribution in [0, 0.1) is 0 Å². The Balaban J connectivity index is 2.17. The Morgan fingerprint density at radius 1 is 1.29 bits per heavy atom. The Labute approximate surface area is 90.5 Å². The highest BCUT2D eigenvalue weighted by Crippen LogP contribution is 2.15. The van der Waals surface area contributed by atoms with Crippen molar-refractivity contribution in [3.05, 3.63) is 24.5 Å². The summed E-state index contributed by atoms with van der Waals surface area (Å²) < 4.78 is 0. The Hall–Kier alpha value is -0.540. The third kappa shape index (κ3) is 5.25. The van der Waals surface area contributed by atoms with Gasteiger partial charge in [0.05, 0.1) is 0 Å². The fraction of sp³-hybridized carbons (Fsp3) is 0.545. The molecule has 0 aliphatic carbocycles. The monoisotopic (exact) mass is 210 g/mol. The molecule has 0 saturated carbocycles. The van der Waals surface area contributed by atoms with Gasteiger partial charge in [-0.3, -0.25) is 4.98 Å². The van der Waals surface area contributed by atoms with Gasteiger partial charge in [-0.05, 0) is 32.9 Å². The van der Waals surface area contributed by atoms with Gasteiger partial charge in [0.1, 0.15) is 0 Å². The van der Waals surface area contributed by atoms with Crippen molar-refractivity contribution in [3.8, 4) is 0 Å². The summed E-state index contributed by atoms with van der Waals surface area (Å²) in [5, 5.41) is 3.46. The third-order valence-electron chi connectivity index (χ3n) is 1.68. The summed E-state index contributed by atoms with van der Waals surface area (Å²) in [6.45, 7) is 7.59. The second-order valence-electron chi connectivity index (χ2n) is 4.21. The molecular formula is C11H18N2S. The van der Waals surface area contributed by atoms with Gasteiger partial charge in [0.25, 0.3) is 0 Å². The average molecular weight is 210 g/mol. The zero-order chi connectivity index (χ0) is 10.4. The van der Waals surface area contributed by atoms with Crippen molar-refractivity contribution in [2.45, 2.75) is 31.2 Å². The van der Waals surface area contributed by atoms with Crippen LogP contribution in [0.3, 0.4) is 0 Å². The lowest BCUT2D eigenvalue weighted by atomic mass is 10.1. The Kier molecular flexibility index (Phi) is 4.42. The fourth-order valence-corrected chi connectivity index (χ4v) is 1.78. The van der Waals surface area contributed by atoms with E-state index in [1.165, 1.54) is 4.90 Å². The van der Waals surface area contributed by atoms with Crippen LogP contribution in [0.1, 0.15) is 20.8 Å². The number of aromatic nitrogens is 1. The van der Waals surface area contributed by atoms with E-state index in [9.17, 15) is 0 Å². The zero-order valence-corrected chi connectivity index (χ0v) is 9.90. The molecule has 0 amide bonds. The molecule has 0 aliphatic heterocycles. The lowest BCUT2D eigenvalue weighted by Gasteiger charge is -2.20. The van der Waals surface area contributed by atoms with Gasteiger partial charge in [0.15, 0.2) is 0 Å². The molecule has 0 bridgehead atoms. The van der Waals surface area contributed by atoms with Crippen LogP contribution in [0.15, 0.2) is 29.4 Å².